The van der Waals surface area contributed by atoms with Crippen molar-refractivity contribution in [2.24, 2.45) is 0 Å². The van der Waals surface area contributed by atoms with E-state index < -0.39 is 15.8 Å². The van der Waals surface area contributed by atoms with Crippen molar-refractivity contribution in [1.29, 1.82) is 0 Å². The van der Waals surface area contributed by atoms with Gasteiger partial charge in [0.05, 0.1) is 5.01 Å². The third-order valence-electron chi connectivity index (χ3n) is 2.24. The van der Waals surface area contributed by atoms with Gasteiger partial charge in [-0.15, -0.1) is 11.3 Å². The first-order chi connectivity index (χ1) is 8.59. The Kier molecular flexibility index (Phi) is 4.05. The molecule has 2 aromatic rings. The average molecular weight is 286 g/mol. The molecule has 0 amide bonds. The number of nitrogens with zero attached hydrogens (tertiary/aromatic N) is 1. The molecule has 0 spiro atoms. The van der Waals surface area contributed by atoms with E-state index in [0.717, 1.165) is 11.1 Å². The number of sulfonamides is 1. The number of rotatable bonds is 5. The predicted octanol–water partition coefficient (Wildman–Crippen LogP) is 1.80. The smallest absolute Gasteiger partial charge is 0.243 e. The number of nitrogens with one attached hydrogen (secondary N) is 1. The lowest BCUT2D eigenvalue weighted by atomic mass is 10.4. The summed E-state index contributed by atoms with van der Waals surface area (Å²) in [6.07, 6.45) is 2.15. The molecule has 1 aromatic carbocycles. The molecule has 1 aromatic heterocycles. The Bertz CT molecular complexity index is 612. The third-order valence-corrected chi connectivity index (χ3v) is 4.57. The number of aromatic nitrogens is 1. The van der Waals surface area contributed by atoms with E-state index in [2.05, 4.69) is 9.71 Å². The largest absolute Gasteiger partial charge is 0.250 e. The fraction of sp³-hybridized carbons (Fsp3) is 0.182. The molecule has 0 aliphatic rings. The van der Waals surface area contributed by atoms with Gasteiger partial charge in [-0.25, -0.2) is 22.5 Å². The van der Waals surface area contributed by atoms with Crippen LogP contribution in [0.1, 0.15) is 5.01 Å². The Hall–Kier alpha value is -1.31. The van der Waals surface area contributed by atoms with Crippen molar-refractivity contribution in [3.63, 3.8) is 0 Å². The Balaban J connectivity index is 2.02. The monoisotopic (exact) mass is 286 g/mol. The van der Waals surface area contributed by atoms with Gasteiger partial charge in [0.15, 0.2) is 0 Å². The Labute approximate surface area is 109 Å². The molecule has 96 valence electrons. The third kappa shape index (κ3) is 3.12. The van der Waals surface area contributed by atoms with E-state index in [-0.39, 0.29) is 11.4 Å². The summed E-state index contributed by atoms with van der Waals surface area (Å²) in [5, 5.41) is 2.66. The highest BCUT2D eigenvalue weighted by Crippen LogP contribution is 2.13. The fourth-order valence-electron chi connectivity index (χ4n) is 1.41. The van der Waals surface area contributed by atoms with Gasteiger partial charge in [0.1, 0.15) is 10.7 Å². The van der Waals surface area contributed by atoms with Gasteiger partial charge >= 0.3 is 0 Å². The zero-order valence-electron chi connectivity index (χ0n) is 9.34. The predicted molar refractivity (Wildman–Crippen MR) is 67.4 cm³/mol. The summed E-state index contributed by atoms with van der Waals surface area (Å²) in [6.45, 7) is 0.199. The number of benzene rings is 1. The average Bonchev–Trinajstić information content (AvgIpc) is 2.82. The summed E-state index contributed by atoms with van der Waals surface area (Å²) in [4.78, 5) is 3.71. The number of hydrogen-bond acceptors (Lipinski definition) is 4. The van der Waals surface area contributed by atoms with Gasteiger partial charge in [-0.05, 0) is 12.1 Å². The Morgan fingerprint density at radius 2 is 2.11 bits per heavy atom. The van der Waals surface area contributed by atoms with Crippen molar-refractivity contribution in [3.8, 4) is 0 Å². The standard InChI is InChI=1S/C11H11FN2O2S2/c12-9-3-1-2-4-10(9)18(15,16)14-6-5-11-13-7-8-17-11/h1-4,7-8,14H,5-6H2. The number of halogens is 1. The van der Waals surface area contributed by atoms with E-state index in [1.165, 1.54) is 29.5 Å². The van der Waals surface area contributed by atoms with E-state index in [4.69, 9.17) is 0 Å². The molecule has 0 radical (unpaired) electrons. The van der Waals surface area contributed by atoms with E-state index in [0.29, 0.717) is 6.42 Å². The van der Waals surface area contributed by atoms with Crippen LogP contribution in [-0.2, 0) is 16.4 Å². The zero-order chi connectivity index (χ0) is 13.0. The summed E-state index contributed by atoms with van der Waals surface area (Å²) in [5.74, 6) is -0.751. The fourth-order valence-corrected chi connectivity index (χ4v) is 3.14. The first-order valence-corrected chi connectivity index (χ1v) is 7.58. The molecule has 0 atom stereocenters. The van der Waals surface area contributed by atoms with Crippen LogP contribution in [0.4, 0.5) is 4.39 Å². The van der Waals surface area contributed by atoms with Crippen molar-refractivity contribution in [2.45, 2.75) is 11.3 Å². The number of thiazole rings is 1. The van der Waals surface area contributed by atoms with Crippen LogP contribution >= 0.6 is 11.3 Å². The first kappa shape index (κ1) is 13.1. The van der Waals surface area contributed by atoms with Gasteiger partial charge < -0.3 is 0 Å². The normalized spacial score (nSPS) is 11.6. The molecule has 0 saturated carbocycles. The van der Waals surface area contributed by atoms with Crippen LogP contribution in [0.25, 0.3) is 0 Å². The molecule has 0 aliphatic heterocycles. The van der Waals surface area contributed by atoms with Crippen molar-refractivity contribution in [2.75, 3.05) is 6.54 Å². The zero-order valence-corrected chi connectivity index (χ0v) is 11.0. The molecule has 1 heterocycles. The lowest BCUT2D eigenvalue weighted by Crippen LogP contribution is -2.26. The van der Waals surface area contributed by atoms with Crippen molar-refractivity contribution < 1.29 is 12.8 Å². The molecule has 4 nitrogen and oxygen atoms in total. The lowest BCUT2D eigenvalue weighted by Gasteiger charge is -2.06. The summed E-state index contributed by atoms with van der Waals surface area (Å²) >= 11 is 1.45. The summed E-state index contributed by atoms with van der Waals surface area (Å²) in [5.41, 5.74) is 0. The minimum atomic E-state index is -3.79. The minimum Gasteiger partial charge on any atom is -0.250 e. The lowest BCUT2D eigenvalue weighted by molar-refractivity contribution is 0.557. The van der Waals surface area contributed by atoms with Crippen LogP contribution in [0.15, 0.2) is 40.7 Å². The Morgan fingerprint density at radius 1 is 1.33 bits per heavy atom. The SMILES string of the molecule is O=S(=O)(NCCc1nccs1)c1ccccc1F. The molecule has 0 unspecified atom stereocenters. The summed E-state index contributed by atoms with van der Waals surface area (Å²) < 4.78 is 39.3. The Morgan fingerprint density at radius 3 is 2.78 bits per heavy atom. The highest BCUT2D eigenvalue weighted by Gasteiger charge is 2.17. The maximum Gasteiger partial charge on any atom is 0.243 e. The molecule has 18 heavy (non-hydrogen) atoms. The van der Waals surface area contributed by atoms with Crippen LogP contribution in [0.5, 0.6) is 0 Å². The van der Waals surface area contributed by atoms with E-state index in [9.17, 15) is 12.8 Å². The topological polar surface area (TPSA) is 59.1 Å². The molecular formula is C11H11FN2O2S2. The quantitative estimate of drug-likeness (QED) is 0.912. The maximum atomic E-state index is 13.4. The van der Waals surface area contributed by atoms with Gasteiger partial charge in [-0.2, -0.15) is 0 Å². The van der Waals surface area contributed by atoms with Crippen LogP contribution in [-0.4, -0.2) is 19.9 Å². The maximum absolute atomic E-state index is 13.4. The first-order valence-electron chi connectivity index (χ1n) is 5.22. The van der Waals surface area contributed by atoms with Crippen LogP contribution < -0.4 is 4.72 Å². The molecule has 7 heteroatoms. The second-order valence-corrected chi connectivity index (χ2v) is 6.22. The highest BCUT2D eigenvalue weighted by molar-refractivity contribution is 7.89. The molecule has 0 fully saturated rings. The van der Waals surface area contributed by atoms with E-state index in [1.54, 1.807) is 6.20 Å². The summed E-state index contributed by atoms with van der Waals surface area (Å²) in [7, 11) is -3.79. The van der Waals surface area contributed by atoms with Crippen LogP contribution in [0.2, 0.25) is 0 Å². The van der Waals surface area contributed by atoms with Gasteiger partial charge in [0, 0.05) is 24.5 Å². The van der Waals surface area contributed by atoms with Crippen LogP contribution in [0, 0.1) is 5.82 Å². The van der Waals surface area contributed by atoms with E-state index in [1.807, 2.05) is 5.38 Å². The molecule has 0 aliphatic carbocycles. The van der Waals surface area contributed by atoms with Crippen LogP contribution in [0.3, 0.4) is 0 Å². The van der Waals surface area contributed by atoms with Gasteiger partial charge in [-0.1, -0.05) is 12.1 Å². The van der Waals surface area contributed by atoms with Gasteiger partial charge in [0.25, 0.3) is 0 Å². The second kappa shape index (κ2) is 5.55. The molecular weight excluding hydrogens is 275 g/mol. The second-order valence-electron chi connectivity index (χ2n) is 3.50. The van der Waals surface area contributed by atoms with Crippen molar-refractivity contribution in [3.05, 3.63) is 46.7 Å². The highest BCUT2D eigenvalue weighted by atomic mass is 32.2. The summed E-state index contributed by atoms with van der Waals surface area (Å²) in [6, 6.07) is 5.29. The minimum absolute atomic E-state index is 0.199. The molecule has 2 rings (SSSR count). The van der Waals surface area contributed by atoms with Crippen molar-refractivity contribution >= 4 is 21.4 Å². The van der Waals surface area contributed by atoms with Gasteiger partial charge in [-0.3, -0.25) is 0 Å². The van der Waals surface area contributed by atoms with E-state index >= 15 is 0 Å². The van der Waals surface area contributed by atoms with Crippen molar-refractivity contribution in [1.82, 2.24) is 9.71 Å². The number of hydrogen-bond donors (Lipinski definition) is 1. The molecule has 0 saturated heterocycles. The van der Waals surface area contributed by atoms with Gasteiger partial charge in [0.2, 0.25) is 10.0 Å². The molecule has 1 N–H and O–H groups in total. The molecule has 0 bridgehead atoms.